The lowest BCUT2D eigenvalue weighted by atomic mass is 10.2. The number of hydrogen-bond acceptors (Lipinski definition) is 7. The predicted molar refractivity (Wildman–Crippen MR) is 99.9 cm³/mol. The second-order valence-electron chi connectivity index (χ2n) is 6.10. The molecular formula is C21H17N3O4. The van der Waals surface area contributed by atoms with Gasteiger partial charge in [-0.05, 0) is 19.1 Å². The summed E-state index contributed by atoms with van der Waals surface area (Å²) in [6, 6.07) is 18.9. The fraction of sp³-hybridized carbons (Fsp3) is 0.143. The molecule has 2 aromatic heterocycles. The average molecular weight is 375 g/mol. The SMILES string of the molecule is Cc1oc(-c2ccccc2)nc1CC(=O)OCc1nc(-c2ccccc2)no1. The third-order valence-corrected chi connectivity index (χ3v) is 4.08. The molecule has 0 aliphatic rings. The highest BCUT2D eigenvalue weighted by Crippen LogP contribution is 2.22. The zero-order chi connectivity index (χ0) is 19.3. The Hall–Kier alpha value is -3.74. The van der Waals surface area contributed by atoms with Crippen LogP contribution >= 0.6 is 0 Å². The summed E-state index contributed by atoms with van der Waals surface area (Å²) in [5.41, 5.74) is 2.22. The largest absolute Gasteiger partial charge is 0.455 e. The number of hydrogen-bond donors (Lipinski definition) is 0. The van der Waals surface area contributed by atoms with Gasteiger partial charge in [-0.2, -0.15) is 4.98 Å². The summed E-state index contributed by atoms with van der Waals surface area (Å²) in [7, 11) is 0. The van der Waals surface area contributed by atoms with Crippen LogP contribution in [0.4, 0.5) is 0 Å². The molecule has 0 saturated heterocycles. The second-order valence-corrected chi connectivity index (χ2v) is 6.10. The van der Waals surface area contributed by atoms with E-state index in [1.165, 1.54) is 0 Å². The Kier molecular flexibility index (Phi) is 4.97. The molecule has 2 heterocycles. The minimum Gasteiger partial charge on any atom is -0.455 e. The molecule has 0 aliphatic heterocycles. The highest BCUT2D eigenvalue weighted by Gasteiger charge is 2.17. The Balaban J connectivity index is 1.37. The quantitative estimate of drug-likeness (QED) is 0.471. The Morgan fingerprint density at radius 2 is 1.64 bits per heavy atom. The van der Waals surface area contributed by atoms with Crippen molar-refractivity contribution >= 4 is 5.97 Å². The Labute approximate surface area is 161 Å². The maximum absolute atomic E-state index is 12.2. The van der Waals surface area contributed by atoms with Crippen molar-refractivity contribution in [2.24, 2.45) is 0 Å². The summed E-state index contributed by atoms with van der Waals surface area (Å²) in [5.74, 6) is 1.29. The van der Waals surface area contributed by atoms with Crippen molar-refractivity contribution in [2.45, 2.75) is 20.0 Å². The standard InChI is InChI=1S/C21H17N3O4/c1-14-17(22-21(27-14)16-10-6-3-7-11-16)12-19(25)26-13-18-23-20(24-28-18)15-8-4-2-5-9-15/h2-11H,12-13H2,1H3. The number of nitrogens with zero attached hydrogens (tertiary/aromatic N) is 3. The van der Waals surface area contributed by atoms with E-state index >= 15 is 0 Å². The third-order valence-electron chi connectivity index (χ3n) is 4.08. The Morgan fingerprint density at radius 1 is 0.964 bits per heavy atom. The molecule has 0 aliphatic carbocycles. The van der Waals surface area contributed by atoms with Crippen LogP contribution < -0.4 is 0 Å². The maximum atomic E-state index is 12.2. The van der Waals surface area contributed by atoms with Crippen LogP contribution in [0.25, 0.3) is 22.8 Å². The smallest absolute Gasteiger partial charge is 0.312 e. The van der Waals surface area contributed by atoms with E-state index in [0.717, 1.165) is 11.1 Å². The predicted octanol–water partition coefficient (Wildman–Crippen LogP) is 3.99. The zero-order valence-corrected chi connectivity index (χ0v) is 15.2. The van der Waals surface area contributed by atoms with E-state index in [1.54, 1.807) is 6.92 Å². The van der Waals surface area contributed by atoms with E-state index in [-0.39, 0.29) is 18.9 Å². The summed E-state index contributed by atoms with van der Waals surface area (Å²) in [5, 5.41) is 3.89. The first-order chi connectivity index (χ1) is 13.7. The maximum Gasteiger partial charge on any atom is 0.312 e. The molecule has 7 heteroatoms. The molecule has 4 aromatic rings. The number of aryl methyl sites for hydroxylation is 1. The van der Waals surface area contributed by atoms with Crippen molar-refractivity contribution in [1.29, 1.82) is 0 Å². The number of rotatable bonds is 6. The molecule has 0 radical (unpaired) electrons. The average Bonchev–Trinajstić information content (AvgIpc) is 3.35. The van der Waals surface area contributed by atoms with Crippen molar-refractivity contribution in [1.82, 2.24) is 15.1 Å². The van der Waals surface area contributed by atoms with Crippen LogP contribution in [-0.2, 0) is 22.6 Å². The van der Waals surface area contributed by atoms with Crippen molar-refractivity contribution in [3.63, 3.8) is 0 Å². The van der Waals surface area contributed by atoms with Crippen LogP contribution in [0.1, 0.15) is 17.3 Å². The lowest BCUT2D eigenvalue weighted by molar-refractivity contribution is -0.145. The minimum atomic E-state index is -0.449. The molecule has 28 heavy (non-hydrogen) atoms. The second kappa shape index (κ2) is 7.87. The van der Waals surface area contributed by atoms with Gasteiger partial charge in [-0.3, -0.25) is 4.79 Å². The summed E-state index contributed by atoms with van der Waals surface area (Å²) in [6.07, 6.45) is 0.00183. The minimum absolute atomic E-state index is 0.00183. The monoisotopic (exact) mass is 375 g/mol. The number of oxazole rings is 1. The third kappa shape index (κ3) is 3.98. The summed E-state index contributed by atoms with van der Waals surface area (Å²) in [4.78, 5) is 20.8. The highest BCUT2D eigenvalue weighted by atomic mass is 16.6. The molecule has 0 N–H and O–H groups in total. The first kappa shape index (κ1) is 17.7. The van der Waals surface area contributed by atoms with Gasteiger partial charge in [0.1, 0.15) is 5.76 Å². The lowest BCUT2D eigenvalue weighted by Gasteiger charge is -2.00. The van der Waals surface area contributed by atoms with Crippen molar-refractivity contribution < 1.29 is 18.5 Å². The number of benzene rings is 2. The number of carbonyl (C=O) groups excluding carboxylic acids is 1. The van der Waals surface area contributed by atoms with E-state index in [1.807, 2.05) is 60.7 Å². The summed E-state index contributed by atoms with van der Waals surface area (Å²) in [6.45, 7) is 1.67. The molecule has 0 bridgehead atoms. The molecule has 140 valence electrons. The van der Waals surface area contributed by atoms with E-state index in [2.05, 4.69) is 15.1 Å². The molecule has 0 atom stereocenters. The molecule has 4 rings (SSSR count). The fourth-order valence-corrected chi connectivity index (χ4v) is 2.64. The van der Waals surface area contributed by atoms with Gasteiger partial charge in [0.25, 0.3) is 5.89 Å². The van der Waals surface area contributed by atoms with Crippen LogP contribution in [0.3, 0.4) is 0 Å². The number of esters is 1. The molecule has 0 fully saturated rings. The van der Waals surface area contributed by atoms with Gasteiger partial charge in [0.15, 0.2) is 6.61 Å². The van der Waals surface area contributed by atoms with Gasteiger partial charge in [0.2, 0.25) is 11.7 Å². The van der Waals surface area contributed by atoms with Gasteiger partial charge < -0.3 is 13.7 Å². The van der Waals surface area contributed by atoms with Gasteiger partial charge in [-0.1, -0.05) is 53.7 Å². The first-order valence-electron chi connectivity index (χ1n) is 8.74. The lowest BCUT2D eigenvalue weighted by Crippen LogP contribution is -2.09. The number of ether oxygens (including phenoxy) is 1. The van der Waals surface area contributed by atoms with E-state index < -0.39 is 5.97 Å². The normalized spacial score (nSPS) is 10.8. The van der Waals surface area contributed by atoms with Crippen LogP contribution in [-0.4, -0.2) is 21.1 Å². The zero-order valence-electron chi connectivity index (χ0n) is 15.2. The van der Waals surface area contributed by atoms with Crippen molar-refractivity contribution in [3.05, 3.63) is 78.0 Å². The first-order valence-corrected chi connectivity index (χ1v) is 8.74. The van der Waals surface area contributed by atoms with Crippen molar-refractivity contribution in [2.75, 3.05) is 0 Å². The van der Waals surface area contributed by atoms with Crippen LogP contribution in [0.15, 0.2) is 69.6 Å². The molecule has 7 nitrogen and oxygen atoms in total. The van der Waals surface area contributed by atoms with E-state index in [0.29, 0.717) is 23.2 Å². The van der Waals surface area contributed by atoms with Gasteiger partial charge in [0, 0.05) is 11.1 Å². The molecular weight excluding hydrogens is 358 g/mol. The summed E-state index contributed by atoms with van der Waals surface area (Å²) >= 11 is 0. The molecule has 0 amide bonds. The summed E-state index contributed by atoms with van der Waals surface area (Å²) < 4.78 is 16.0. The number of aromatic nitrogens is 3. The van der Waals surface area contributed by atoms with Crippen LogP contribution in [0.2, 0.25) is 0 Å². The highest BCUT2D eigenvalue weighted by molar-refractivity contribution is 5.72. The molecule has 2 aromatic carbocycles. The van der Waals surface area contributed by atoms with Gasteiger partial charge >= 0.3 is 5.97 Å². The van der Waals surface area contributed by atoms with Gasteiger partial charge in [-0.15, -0.1) is 0 Å². The van der Waals surface area contributed by atoms with Gasteiger partial charge in [0.05, 0.1) is 12.1 Å². The van der Waals surface area contributed by atoms with Crippen molar-refractivity contribution in [3.8, 4) is 22.8 Å². The number of carbonyl (C=O) groups is 1. The molecule has 0 saturated carbocycles. The Morgan fingerprint density at radius 3 is 2.36 bits per heavy atom. The van der Waals surface area contributed by atoms with Gasteiger partial charge in [-0.25, -0.2) is 4.98 Å². The van der Waals surface area contributed by atoms with E-state index in [4.69, 9.17) is 13.7 Å². The molecule has 0 unspecified atom stereocenters. The van der Waals surface area contributed by atoms with E-state index in [9.17, 15) is 4.79 Å². The Bertz CT molecular complexity index is 1070. The molecule has 0 spiro atoms. The topological polar surface area (TPSA) is 91.2 Å². The van der Waals surface area contributed by atoms with Crippen LogP contribution in [0.5, 0.6) is 0 Å². The van der Waals surface area contributed by atoms with Crippen LogP contribution in [0, 0.1) is 6.92 Å². The fourth-order valence-electron chi connectivity index (χ4n) is 2.64.